The summed E-state index contributed by atoms with van der Waals surface area (Å²) in [6.45, 7) is 6.44. The van der Waals surface area contributed by atoms with E-state index in [0.29, 0.717) is 5.41 Å². The quantitative estimate of drug-likeness (QED) is 0.723. The van der Waals surface area contributed by atoms with Crippen LogP contribution >= 0.6 is 0 Å². The summed E-state index contributed by atoms with van der Waals surface area (Å²) < 4.78 is 0. The van der Waals surface area contributed by atoms with Crippen LogP contribution in [0.3, 0.4) is 0 Å². The van der Waals surface area contributed by atoms with Crippen molar-refractivity contribution < 1.29 is 0 Å². The minimum atomic E-state index is 0.649. The molecule has 0 radical (unpaired) electrons. The molecule has 86 valence electrons. The summed E-state index contributed by atoms with van der Waals surface area (Å²) in [5, 5.41) is 0. The molecule has 2 aliphatic rings. The molecule has 0 amide bonds. The predicted octanol–water partition coefficient (Wildman–Crippen LogP) is 2.47. The number of anilines is 1. The van der Waals surface area contributed by atoms with Crippen LogP contribution < -0.4 is 4.90 Å². The van der Waals surface area contributed by atoms with Gasteiger partial charge in [0.2, 0.25) is 0 Å². The van der Waals surface area contributed by atoms with E-state index in [-0.39, 0.29) is 0 Å². The molecule has 2 heterocycles. The lowest BCUT2D eigenvalue weighted by Gasteiger charge is -2.34. The van der Waals surface area contributed by atoms with Crippen LogP contribution in [-0.2, 0) is 0 Å². The molecule has 3 rings (SSSR count). The zero-order valence-corrected chi connectivity index (χ0v) is 10.2. The van der Waals surface area contributed by atoms with Gasteiger partial charge in [-0.3, -0.25) is 4.98 Å². The first-order valence-electron chi connectivity index (χ1n) is 6.24. The van der Waals surface area contributed by atoms with E-state index in [1.807, 2.05) is 13.1 Å². The van der Waals surface area contributed by atoms with Gasteiger partial charge in [-0.15, -0.1) is 0 Å². The van der Waals surface area contributed by atoms with Crippen LogP contribution in [0.5, 0.6) is 0 Å². The van der Waals surface area contributed by atoms with Crippen molar-refractivity contribution in [1.82, 2.24) is 9.97 Å². The molecule has 2 fully saturated rings. The molecule has 0 unspecified atom stereocenters. The van der Waals surface area contributed by atoms with Crippen molar-refractivity contribution in [3.05, 3.63) is 17.6 Å². The molecule has 1 saturated heterocycles. The van der Waals surface area contributed by atoms with E-state index in [9.17, 15) is 0 Å². The van der Waals surface area contributed by atoms with Crippen LogP contribution in [-0.4, -0.2) is 23.1 Å². The van der Waals surface area contributed by atoms with Crippen LogP contribution in [0.25, 0.3) is 0 Å². The summed E-state index contributed by atoms with van der Waals surface area (Å²) >= 11 is 0. The van der Waals surface area contributed by atoms with Crippen molar-refractivity contribution in [1.29, 1.82) is 0 Å². The molecular formula is C13H19N3. The van der Waals surface area contributed by atoms with Gasteiger partial charge in [0.1, 0.15) is 5.82 Å². The fourth-order valence-electron chi connectivity index (χ4n) is 2.80. The van der Waals surface area contributed by atoms with Gasteiger partial charge in [-0.1, -0.05) is 0 Å². The van der Waals surface area contributed by atoms with Gasteiger partial charge < -0.3 is 4.90 Å². The van der Waals surface area contributed by atoms with E-state index < -0.39 is 0 Å². The summed E-state index contributed by atoms with van der Waals surface area (Å²) in [7, 11) is 0. The van der Waals surface area contributed by atoms with Crippen LogP contribution in [0.4, 0.5) is 5.82 Å². The number of nitrogens with zero attached hydrogens (tertiary/aromatic N) is 3. The predicted molar refractivity (Wildman–Crippen MR) is 64.6 cm³/mol. The lowest BCUT2D eigenvalue weighted by Crippen LogP contribution is -2.37. The van der Waals surface area contributed by atoms with Crippen LogP contribution in [0.15, 0.2) is 6.20 Å². The number of aryl methyl sites for hydroxylation is 2. The number of piperidine rings is 1. The van der Waals surface area contributed by atoms with Gasteiger partial charge in [0, 0.05) is 19.3 Å². The summed E-state index contributed by atoms with van der Waals surface area (Å²) in [6.07, 6.45) is 7.43. The molecule has 1 aromatic rings. The summed E-state index contributed by atoms with van der Waals surface area (Å²) in [5.41, 5.74) is 2.75. The fraction of sp³-hybridized carbons (Fsp3) is 0.692. The maximum atomic E-state index is 4.65. The van der Waals surface area contributed by atoms with Crippen molar-refractivity contribution in [2.75, 3.05) is 18.0 Å². The molecular weight excluding hydrogens is 198 g/mol. The van der Waals surface area contributed by atoms with E-state index in [0.717, 1.165) is 23.8 Å². The average Bonchev–Trinajstić information content (AvgIpc) is 3.01. The Morgan fingerprint density at radius 3 is 2.81 bits per heavy atom. The number of hydrogen-bond acceptors (Lipinski definition) is 3. The van der Waals surface area contributed by atoms with Gasteiger partial charge in [-0.25, -0.2) is 4.98 Å². The summed E-state index contributed by atoms with van der Waals surface area (Å²) in [6, 6.07) is 0. The minimum Gasteiger partial charge on any atom is -0.355 e. The maximum Gasteiger partial charge on any atom is 0.150 e. The van der Waals surface area contributed by atoms with Gasteiger partial charge in [0.25, 0.3) is 0 Å². The Morgan fingerprint density at radius 1 is 1.25 bits per heavy atom. The largest absolute Gasteiger partial charge is 0.355 e. The zero-order chi connectivity index (χ0) is 11.2. The second-order valence-electron chi connectivity index (χ2n) is 5.45. The Hall–Kier alpha value is -1.12. The van der Waals surface area contributed by atoms with Gasteiger partial charge in [-0.2, -0.15) is 0 Å². The van der Waals surface area contributed by atoms with Crippen LogP contribution in [0, 0.1) is 19.3 Å². The third kappa shape index (κ3) is 1.68. The second kappa shape index (κ2) is 3.44. The van der Waals surface area contributed by atoms with Gasteiger partial charge in [0.05, 0.1) is 11.4 Å². The van der Waals surface area contributed by atoms with Gasteiger partial charge >= 0.3 is 0 Å². The van der Waals surface area contributed by atoms with Crippen molar-refractivity contribution >= 4 is 5.82 Å². The topological polar surface area (TPSA) is 29.0 Å². The monoisotopic (exact) mass is 217 g/mol. The highest BCUT2D eigenvalue weighted by atomic mass is 15.2. The highest BCUT2D eigenvalue weighted by Gasteiger charge is 2.45. The van der Waals surface area contributed by atoms with E-state index in [4.69, 9.17) is 0 Å². The Kier molecular flexibility index (Phi) is 2.16. The van der Waals surface area contributed by atoms with Crippen LogP contribution in [0.2, 0.25) is 0 Å². The first-order chi connectivity index (χ1) is 7.69. The van der Waals surface area contributed by atoms with Crippen molar-refractivity contribution in [2.24, 2.45) is 5.41 Å². The third-order valence-corrected chi connectivity index (χ3v) is 3.97. The molecule has 0 atom stereocenters. The van der Waals surface area contributed by atoms with Crippen molar-refractivity contribution in [2.45, 2.75) is 39.5 Å². The second-order valence-corrected chi connectivity index (χ2v) is 5.45. The Morgan fingerprint density at radius 2 is 2.06 bits per heavy atom. The maximum absolute atomic E-state index is 4.65. The third-order valence-electron chi connectivity index (χ3n) is 3.97. The normalized spacial score (nSPS) is 22.5. The van der Waals surface area contributed by atoms with E-state index in [2.05, 4.69) is 21.8 Å². The summed E-state index contributed by atoms with van der Waals surface area (Å²) in [4.78, 5) is 11.5. The first kappa shape index (κ1) is 10.1. The van der Waals surface area contributed by atoms with Gasteiger partial charge in [-0.05, 0) is 44.9 Å². The molecule has 1 spiro atoms. The Labute approximate surface area is 96.9 Å². The molecule has 1 aliphatic heterocycles. The van der Waals surface area contributed by atoms with Gasteiger partial charge in [0.15, 0.2) is 0 Å². The highest BCUT2D eigenvalue weighted by molar-refractivity contribution is 5.44. The Balaban J connectivity index is 1.88. The minimum absolute atomic E-state index is 0.649. The lowest BCUT2D eigenvalue weighted by atomic mass is 9.95. The molecule has 3 heteroatoms. The molecule has 0 N–H and O–H groups in total. The highest BCUT2D eigenvalue weighted by Crippen LogP contribution is 2.52. The zero-order valence-electron chi connectivity index (χ0n) is 10.2. The molecule has 0 bridgehead atoms. The first-order valence-corrected chi connectivity index (χ1v) is 6.24. The number of rotatable bonds is 1. The van der Waals surface area contributed by atoms with Crippen LogP contribution in [0.1, 0.15) is 37.1 Å². The molecule has 16 heavy (non-hydrogen) atoms. The lowest BCUT2D eigenvalue weighted by molar-refractivity contribution is 0.393. The molecule has 1 saturated carbocycles. The average molecular weight is 217 g/mol. The molecule has 1 aromatic heterocycles. The molecule has 3 nitrogen and oxygen atoms in total. The number of aromatic nitrogens is 2. The van der Waals surface area contributed by atoms with E-state index in [1.165, 1.54) is 32.2 Å². The van der Waals surface area contributed by atoms with Crippen molar-refractivity contribution in [3.63, 3.8) is 0 Å². The fourth-order valence-corrected chi connectivity index (χ4v) is 2.80. The van der Waals surface area contributed by atoms with E-state index >= 15 is 0 Å². The summed E-state index contributed by atoms with van der Waals surface area (Å²) in [5.74, 6) is 1.12. The smallest absolute Gasteiger partial charge is 0.150 e. The SMILES string of the molecule is Cc1cnc(C)c(N2CCCC3(CC3)C2)n1. The molecule has 1 aliphatic carbocycles. The van der Waals surface area contributed by atoms with E-state index in [1.54, 1.807) is 0 Å². The van der Waals surface area contributed by atoms with Crippen molar-refractivity contribution in [3.8, 4) is 0 Å². The standard InChI is InChI=1S/C13H19N3/c1-10-8-14-11(2)12(15-10)16-7-3-4-13(9-16)5-6-13/h8H,3-7,9H2,1-2H3. The number of hydrogen-bond donors (Lipinski definition) is 0. The molecule has 0 aromatic carbocycles. The Bertz CT molecular complexity index is 410.